The lowest BCUT2D eigenvalue weighted by Crippen LogP contribution is -2.38. The van der Waals surface area contributed by atoms with Gasteiger partial charge in [-0.3, -0.25) is 4.79 Å². The molecule has 4 nitrogen and oxygen atoms in total. The van der Waals surface area contributed by atoms with Crippen molar-refractivity contribution < 1.29 is 9.21 Å². The summed E-state index contributed by atoms with van der Waals surface area (Å²) in [4.78, 5) is 19.3. The summed E-state index contributed by atoms with van der Waals surface area (Å²) >= 11 is 1.41. The van der Waals surface area contributed by atoms with Crippen LogP contribution in [0.25, 0.3) is 11.1 Å². The molecule has 2 bridgehead atoms. The van der Waals surface area contributed by atoms with Crippen molar-refractivity contribution in [2.45, 2.75) is 51.3 Å². The monoisotopic (exact) mass is 344 g/mol. The van der Waals surface area contributed by atoms with Gasteiger partial charge in [0.2, 0.25) is 5.91 Å². The van der Waals surface area contributed by atoms with Crippen molar-refractivity contribution >= 4 is 28.8 Å². The highest BCUT2D eigenvalue weighted by molar-refractivity contribution is 7.99. The van der Waals surface area contributed by atoms with Crippen LogP contribution >= 0.6 is 11.8 Å². The number of fused-ring (bicyclic) bond motifs is 3. The number of para-hydroxylation sites is 2. The number of nitrogens with zero attached hydrogens (tertiary/aromatic N) is 2. The second-order valence-corrected chi connectivity index (χ2v) is 9.40. The Morgan fingerprint density at radius 2 is 2.12 bits per heavy atom. The predicted octanol–water partition coefficient (Wildman–Crippen LogP) is 4.35. The molecule has 1 saturated carbocycles. The molecule has 24 heavy (non-hydrogen) atoms. The molecule has 2 aromatic rings. The molecule has 0 unspecified atom stereocenters. The van der Waals surface area contributed by atoms with Gasteiger partial charge in [-0.05, 0) is 42.2 Å². The number of aromatic nitrogens is 1. The van der Waals surface area contributed by atoms with Gasteiger partial charge in [0.05, 0.1) is 5.75 Å². The second-order valence-electron chi connectivity index (χ2n) is 8.47. The molecule has 1 saturated heterocycles. The average molecular weight is 344 g/mol. The number of carbonyl (C=O) groups excluding carboxylic acids is 1. The molecule has 5 heteroatoms. The molecule has 0 N–H and O–H groups in total. The third-order valence-corrected chi connectivity index (χ3v) is 6.14. The summed E-state index contributed by atoms with van der Waals surface area (Å²) in [7, 11) is 0. The van der Waals surface area contributed by atoms with Gasteiger partial charge in [0.25, 0.3) is 5.22 Å². The van der Waals surface area contributed by atoms with E-state index in [9.17, 15) is 4.79 Å². The number of thioether (sulfide) groups is 1. The number of oxazole rings is 1. The maximum atomic E-state index is 12.8. The summed E-state index contributed by atoms with van der Waals surface area (Å²) < 4.78 is 5.70. The van der Waals surface area contributed by atoms with Gasteiger partial charge in [-0.25, -0.2) is 4.98 Å². The molecule has 1 aliphatic carbocycles. The maximum Gasteiger partial charge on any atom is 0.257 e. The summed E-state index contributed by atoms with van der Waals surface area (Å²) in [6, 6.07) is 8.10. The van der Waals surface area contributed by atoms with Crippen LogP contribution < -0.4 is 0 Å². The normalized spacial score (nSPS) is 28.5. The highest BCUT2D eigenvalue weighted by Gasteiger charge is 2.50. The number of carbonyl (C=O) groups is 1. The molecule has 1 amide bonds. The van der Waals surface area contributed by atoms with E-state index in [2.05, 4.69) is 30.7 Å². The van der Waals surface area contributed by atoms with Crippen LogP contribution in [0.5, 0.6) is 0 Å². The largest absolute Gasteiger partial charge is 0.431 e. The van der Waals surface area contributed by atoms with Gasteiger partial charge in [-0.1, -0.05) is 44.7 Å². The van der Waals surface area contributed by atoms with Gasteiger partial charge in [-0.15, -0.1) is 0 Å². The number of rotatable bonds is 3. The number of amides is 1. The van der Waals surface area contributed by atoms with E-state index < -0.39 is 0 Å². The predicted molar refractivity (Wildman–Crippen MR) is 96.0 cm³/mol. The number of benzene rings is 1. The van der Waals surface area contributed by atoms with E-state index in [1.165, 1.54) is 18.2 Å². The van der Waals surface area contributed by atoms with Gasteiger partial charge in [0.15, 0.2) is 5.58 Å². The first-order chi connectivity index (χ1) is 11.3. The lowest BCUT2D eigenvalue weighted by atomic mass is 9.65. The van der Waals surface area contributed by atoms with Crippen LogP contribution in [-0.4, -0.2) is 34.1 Å². The number of likely N-dealkylation sites (tertiary alicyclic amines) is 1. The van der Waals surface area contributed by atoms with Crippen LogP contribution in [0.15, 0.2) is 33.9 Å². The lowest BCUT2D eigenvalue weighted by molar-refractivity contribution is -0.129. The Hall–Kier alpha value is -1.49. The minimum absolute atomic E-state index is 0.216. The minimum atomic E-state index is 0.216. The van der Waals surface area contributed by atoms with Gasteiger partial charge in [0.1, 0.15) is 5.52 Å². The maximum absolute atomic E-state index is 12.8. The van der Waals surface area contributed by atoms with Crippen molar-refractivity contribution in [2.75, 3.05) is 12.3 Å². The second kappa shape index (κ2) is 5.51. The van der Waals surface area contributed by atoms with Crippen molar-refractivity contribution in [3.05, 3.63) is 24.3 Å². The summed E-state index contributed by atoms with van der Waals surface area (Å²) in [5.74, 6) is 0.619. The standard InChI is InChI=1S/C19H24N2O2S/c1-18(2)8-13-9-19(3,11-18)12-21(13)16(22)10-24-17-20-14-6-4-5-7-15(14)23-17/h4-7,13H,8-12H2,1-3H3/t13-,19+/m0/s1. The van der Waals surface area contributed by atoms with Crippen molar-refractivity contribution in [1.82, 2.24) is 9.88 Å². The zero-order valence-electron chi connectivity index (χ0n) is 14.5. The fourth-order valence-corrected chi connectivity index (χ4v) is 5.60. The fraction of sp³-hybridized carbons (Fsp3) is 0.579. The van der Waals surface area contributed by atoms with E-state index in [0.29, 0.717) is 22.4 Å². The van der Waals surface area contributed by atoms with Crippen LogP contribution in [-0.2, 0) is 4.79 Å². The van der Waals surface area contributed by atoms with E-state index >= 15 is 0 Å². The van der Waals surface area contributed by atoms with Crippen LogP contribution in [0.3, 0.4) is 0 Å². The SMILES string of the molecule is CC1(C)C[C@H]2C[C@@](C)(CN2C(=O)CSc2nc3ccccc3o2)C1. The molecular formula is C19H24N2O2S. The average Bonchev–Trinajstić information content (AvgIpc) is 3.01. The van der Waals surface area contributed by atoms with Crippen LogP contribution in [0.2, 0.25) is 0 Å². The summed E-state index contributed by atoms with van der Waals surface area (Å²) in [6.45, 7) is 7.90. The van der Waals surface area contributed by atoms with Crippen molar-refractivity contribution in [2.24, 2.45) is 10.8 Å². The smallest absolute Gasteiger partial charge is 0.257 e. The quantitative estimate of drug-likeness (QED) is 0.777. The summed E-state index contributed by atoms with van der Waals surface area (Å²) in [5.41, 5.74) is 2.24. The summed E-state index contributed by atoms with van der Waals surface area (Å²) in [5, 5.41) is 0.582. The molecular weight excluding hydrogens is 320 g/mol. The number of hydrogen-bond donors (Lipinski definition) is 0. The minimum Gasteiger partial charge on any atom is -0.431 e. The van der Waals surface area contributed by atoms with Gasteiger partial charge in [0, 0.05) is 12.6 Å². The van der Waals surface area contributed by atoms with Gasteiger partial charge >= 0.3 is 0 Å². The van der Waals surface area contributed by atoms with E-state index in [1.54, 1.807) is 0 Å². The lowest BCUT2D eigenvalue weighted by Gasteiger charge is -2.39. The Labute approximate surface area is 147 Å². The van der Waals surface area contributed by atoms with Crippen LogP contribution in [0.4, 0.5) is 0 Å². The highest BCUT2D eigenvalue weighted by Crippen LogP contribution is 2.52. The van der Waals surface area contributed by atoms with Crippen LogP contribution in [0, 0.1) is 10.8 Å². The first-order valence-electron chi connectivity index (χ1n) is 8.62. The molecule has 2 aliphatic rings. The van der Waals surface area contributed by atoms with E-state index in [-0.39, 0.29) is 11.3 Å². The Morgan fingerprint density at radius 1 is 1.33 bits per heavy atom. The molecule has 2 fully saturated rings. The Bertz CT molecular complexity index is 752. The zero-order chi connectivity index (χ0) is 16.9. The van der Waals surface area contributed by atoms with Gasteiger partial charge < -0.3 is 9.32 Å². The summed E-state index contributed by atoms with van der Waals surface area (Å²) in [6.07, 6.45) is 3.47. The molecule has 0 spiro atoms. The Morgan fingerprint density at radius 3 is 2.92 bits per heavy atom. The Kier molecular flexibility index (Phi) is 3.68. The van der Waals surface area contributed by atoms with Gasteiger partial charge in [-0.2, -0.15) is 0 Å². The van der Waals surface area contributed by atoms with E-state index in [1.807, 2.05) is 24.3 Å². The molecule has 1 aromatic carbocycles. The van der Waals surface area contributed by atoms with Crippen LogP contribution in [0.1, 0.15) is 40.0 Å². The first kappa shape index (κ1) is 16.0. The molecule has 128 valence electrons. The highest BCUT2D eigenvalue weighted by atomic mass is 32.2. The first-order valence-corrected chi connectivity index (χ1v) is 9.60. The molecule has 1 aliphatic heterocycles. The van der Waals surface area contributed by atoms with E-state index in [4.69, 9.17) is 4.42 Å². The number of hydrogen-bond acceptors (Lipinski definition) is 4. The zero-order valence-corrected chi connectivity index (χ0v) is 15.4. The molecule has 2 heterocycles. The molecule has 4 rings (SSSR count). The third-order valence-electron chi connectivity index (χ3n) is 5.33. The van der Waals surface area contributed by atoms with Crippen molar-refractivity contribution in [1.29, 1.82) is 0 Å². The van der Waals surface area contributed by atoms with Crippen molar-refractivity contribution in [3.63, 3.8) is 0 Å². The molecule has 1 aromatic heterocycles. The Balaban J connectivity index is 1.43. The third kappa shape index (κ3) is 2.94. The van der Waals surface area contributed by atoms with E-state index in [0.717, 1.165) is 30.5 Å². The molecule has 0 radical (unpaired) electrons. The van der Waals surface area contributed by atoms with Crippen molar-refractivity contribution in [3.8, 4) is 0 Å². The topological polar surface area (TPSA) is 46.3 Å². The fourth-order valence-electron chi connectivity index (χ4n) is 4.87. The molecule has 2 atom stereocenters.